The molecule has 0 radical (unpaired) electrons. The number of rotatable bonds is 4. The number of anilines is 1. The second-order valence-electron chi connectivity index (χ2n) is 5.74. The zero-order valence-corrected chi connectivity index (χ0v) is 13.8. The van der Waals surface area contributed by atoms with Crippen LogP contribution in [0.3, 0.4) is 0 Å². The molecule has 2 heterocycles. The predicted molar refractivity (Wildman–Crippen MR) is 94.4 cm³/mol. The molecule has 0 aliphatic carbocycles. The number of benzene rings is 1. The highest BCUT2D eigenvalue weighted by Crippen LogP contribution is 2.33. The summed E-state index contributed by atoms with van der Waals surface area (Å²) in [6.45, 7) is 7.07. The van der Waals surface area contributed by atoms with Gasteiger partial charge in [-0.15, -0.1) is 0 Å². The van der Waals surface area contributed by atoms with Crippen molar-refractivity contribution in [3.63, 3.8) is 0 Å². The molecule has 4 N–H and O–H groups in total. The van der Waals surface area contributed by atoms with Crippen molar-refractivity contribution in [3.05, 3.63) is 59.8 Å². The van der Waals surface area contributed by atoms with E-state index in [0.717, 1.165) is 23.4 Å². The van der Waals surface area contributed by atoms with Gasteiger partial charge in [0.25, 0.3) is 5.91 Å². The van der Waals surface area contributed by atoms with Crippen LogP contribution in [-0.2, 0) is 4.79 Å². The minimum absolute atomic E-state index is 0.0970. The van der Waals surface area contributed by atoms with Gasteiger partial charge in [0.05, 0.1) is 22.5 Å². The van der Waals surface area contributed by atoms with Crippen molar-refractivity contribution in [2.24, 2.45) is 5.73 Å². The van der Waals surface area contributed by atoms with Gasteiger partial charge in [0.1, 0.15) is 5.82 Å². The summed E-state index contributed by atoms with van der Waals surface area (Å²) in [5.41, 5.74) is 8.38. The molecule has 0 aliphatic rings. The molecule has 0 spiro atoms. The third-order valence-electron chi connectivity index (χ3n) is 4.17. The number of aryl methyl sites for hydroxylation is 2. The summed E-state index contributed by atoms with van der Waals surface area (Å²) in [6.07, 6.45) is 4.37. The van der Waals surface area contributed by atoms with Crippen LogP contribution in [0.5, 0.6) is 0 Å². The number of H-pyrrole nitrogens is 1. The van der Waals surface area contributed by atoms with Crippen LogP contribution in [0.4, 0.5) is 10.1 Å². The van der Waals surface area contributed by atoms with Crippen LogP contribution >= 0.6 is 0 Å². The monoisotopic (exact) mass is 340 g/mol. The summed E-state index contributed by atoms with van der Waals surface area (Å²) in [4.78, 5) is 26.2. The van der Waals surface area contributed by atoms with E-state index < -0.39 is 11.7 Å². The zero-order chi connectivity index (χ0) is 18.3. The molecule has 128 valence electrons. The van der Waals surface area contributed by atoms with E-state index in [-0.39, 0.29) is 17.2 Å². The Hall–Kier alpha value is -3.35. The molecule has 0 unspecified atom stereocenters. The standard InChI is InChI=1S/C18H17FN4O2/c1-4-14(24)22-11-5-6-23(8-11)17-13(19)7-12(18(20)25)16-15(17)9(2)10(3)21-16/h4-8,21H,1H2,2-3H3,(H2,20,25)(H,22,24). The Kier molecular flexibility index (Phi) is 3.92. The highest BCUT2D eigenvalue weighted by molar-refractivity contribution is 6.08. The van der Waals surface area contributed by atoms with E-state index in [1.165, 1.54) is 0 Å². The van der Waals surface area contributed by atoms with E-state index in [0.29, 0.717) is 16.6 Å². The first-order valence-electron chi connectivity index (χ1n) is 7.56. The van der Waals surface area contributed by atoms with Gasteiger partial charge in [-0.2, -0.15) is 0 Å². The van der Waals surface area contributed by atoms with Crippen LogP contribution in [-0.4, -0.2) is 21.4 Å². The summed E-state index contributed by atoms with van der Waals surface area (Å²) in [6, 6.07) is 2.76. The molecular formula is C18H17FN4O2. The molecule has 0 bridgehead atoms. The van der Waals surface area contributed by atoms with Crippen LogP contribution in [0.25, 0.3) is 16.6 Å². The highest BCUT2D eigenvalue weighted by atomic mass is 19.1. The van der Waals surface area contributed by atoms with Crippen molar-refractivity contribution in [2.45, 2.75) is 13.8 Å². The second kappa shape index (κ2) is 5.94. The van der Waals surface area contributed by atoms with Crippen molar-refractivity contribution < 1.29 is 14.0 Å². The normalized spacial score (nSPS) is 10.8. The number of carbonyl (C=O) groups excluding carboxylic acids is 2. The molecule has 2 aromatic heterocycles. The average molecular weight is 340 g/mol. The predicted octanol–water partition coefficient (Wildman–Crippen LogP) is 2.94. The van der Waals surface area contributed by atoms with Crippen molar-refractivity contribution in [2.75, 3.05) is 5.32 Å². The van der Waals surface area contributed by atoms with Crippen LogP contribution in [0.1, 0.15) is 21.6 Å². The van der Waals surface area contributed by atoms with Gasteiger partial charge in [-0.1, -0.05) is 6.58 Å². The summed E-state index contributed by atoms with van der Waals surface area (Å²) in [7, 11) is 0. The smallest absolute Gasteiger partial charge is 0.250 e. The van der Waals surface area contributed by atoms with Crippen LogP contribution in [0, 0.1) is 19.7 Å². The first kappa shape index (κ1) is 16.5. The zero-order valence-electron chi connectivity index (χ0n) is 13.8. The number of fused-ring (bicyclic) bond motifs is 1. The maximum absolute atomic E-state index is 14.8. The number of aromatic amines is 1. The molecule has 3 rings (SSSR count). The number of hydrogen-bond donors (Lipinski definition) is 3. The van der Waals surface area contributed by atoms with Gasteiger partial charge in [-0.3, -0.25) is 9.59 Å². The fourth-order valence-corrected chi connectivity index (χ4v) is 2.85. The maximum Gasteiger partial charge on any atom is 0.250 e. The van der Waals surface area contributed by atoms with Gasteiger partial charge in [-0.05, 0) is 37.6 Å². The SMILES string of the molecule is C=CC(=O)Nc1ccn(-c2c(F)cc(C(N)=O)c3[nH]c(C)c(C)c23)c1. The largest absolute Gasteiger partial charge is 0.366 e. The fraction of sp³-hybridized carbons (Fsp3) is 0.111. The third kappa shape index (κ3) is 2.69. The molecule has 25 heavy (non-hydrogen) atoms. The highest BCUT2D eigenvalue weighted by Gasteiger charge is 2.21. The van der Waals surface area contributed by atoms with E-state index in [1.807, 2.05) is 13.8 Å². The number of primary amides is 1. The van der Waals surface area contributed by atoms with Gasteiger partial charge in [0.2, 0.25) is 5.91 Å². The number of aromatic nitrogens is 2. The molecule has 0 atom stereocenters. The van der Waals surface area contributed by atoms with Gasteiger partial charge in [0, 0.05) is 23.5 Å². The van der Waals surface area contributed by atoms with Gasteiger partial charge < -0.3 is 20.6 Å². The molecule has 3 aromatic rings. The van der Waals surface area contributed by atoms with E-state index in [2.05, 4.69) is 16.9 Å². The van der Waals surface area contributed by atoms with E-state index in [4.69, 9.17) is 5.73 Å². The fourth-order valence-electron chi connectivity index (χ4n) is 2.85. The Morgan fingerprint density at radius 2 is 2.12 bits per heavy atom. The molecule has 1 aromatic carbocycles. The van der Waals surface area contributed by atoms with Crippen LogP contribution < -0.4 is 11.1 Å². The lowest BCUT2D eigenvalue weighted by atomic mass is 10.0. The summed E-state index contributed by atoms with van der Waals surface area (Å²) in [5, 5.41) is 3.19. The number of carbonyl (C=O) groups is 2. The Bertz CT molecular complexity index is 1030. The topological polar surface area (TPSA) is 92.9 Å². The second-order valence-corrected chi connectivity index (χ2v) is 5.74. The third-order valence-corrected chi connectivity index (χ3v) is 4.17. The Morgan fingerprint density at radius 3 is 2.76 bits per heavy atom. The maximum atomic E-state index is 14.8. The van der Waals surface area contributed by atoms with E-state index >= 15 is 0 Å². The van der Waals surface area contributed by atoms with E-state index in [9.17, 15) is 14.0 Å². The number of nitrogens with two attached hydrogens (primary N) is 1. The summed E-state index contributed by atoms with van der Waals surface area (Å²) in [5.74, 6) is -1.65. The number of nitrogens with zero attached hydrogens (tertiary/aromatic N) is 1. The quantitative estimate of drug-likeness (QED) is 0.637. The number of hydrogen-bond acceptors (Lipinski definition) is 2. The average Bonchev–Trinajstić information content (AvgIpc) is 3.12. The van der Waals surface area contributed by atoms with Gasteiger partial charge in [-0.25, -0.2) is 4.39 Å². The Morgan fingerprint density at radius 1 is 1.40 bits per heavy atom. The molecule has 7 heteroatoms. The Balaban J connectivity index is 2.25. The molecule has 0 aliphatic heterocycles. The number of nitrogens with one attached hydrogen (secondary N) is 2. The molecule has 2 amide bonds. The minimum atomic E-state index is -0.705. The summed E-state index contributed by atoms with van der Waals surface area (Å²) < 4.78 is 16.4. The van der Waals surface area contributed by atoms with E-state index in [1.54, 1.807) is 23.0 Å². The first-order chi connectivity index (χ1) is 11.8. The summed E-state index contributed by atoms with van der Waals surface area (Å²) >= 11 is 0. The van der Waals surface area contributed by atoms with Crippen molar-refractivity contribution in [1.82, 2.24) is 9.55 Å². The van der Waals surface area contributed by atoms with Crippen LogP contribution in [0.15, 0.2) is 37.2 Å². The molecule has 0 saturated heterocycles. The molecule has 6 nitrogen and oxygen atoms in total. The molecule has 0 fully saturated rings. The molecular weight excluding hydrogens is 323 g/mol. The van der Waals surface area contributed by atoms with Crippen LogP contribution in [0.2, 0.25) is 0 Å². The lowest BCUT2D eigenvalue weighted by Gasteiger charge is -2.10. The van der Waals surface area contributed by atoms with Gasteiger partial charge >= 0.3 is 0 Å². The Labute approximate surface area is 143 Å². The number of amides is 2. The minimum Gasteiger partial charge on any atom is -0.366 e. The lowest BCUT2D eigenvalue weighted by Crippen LogP contribution is -2.13. The lowest BCUT2D eigenvalue weighted by molar-refractivity contribution is -0.111. The van der Waals surface area contributed by atoms with Crippen molar-refractivity contribution >= 4 is 28.4 Å². The van der Waals surface area contributed by atoms with Crippen molar-refractivity contribution in [1.29, 1.82) is 0 Å². The van der Waals surface area contributed by atoms with Crippen molar-refractivity contribution in [3.8, 4) is 5.69 Å². The number of halogens is 1. The first-order valence-corrected chi connectivity index (χ1v) is 7.56. The molecule has 0 saturated carbocycles. The van der Waals surface area contributed by atoms with Gasteiger partial charge in [0.15, 0.2) is 0 Å².